The number of benzene rings is 1. The van der Waals surface area contributed by atoms with Crippen molar-refractivity contribution in [2.24, 2.45) is 0 Å². The lowest BCUT2D eigenvalue weighted by Crippen LogP contribution is -2.23. The molecular weight excluding hydrogens is 240 g/mol. The van der Waals surface area contributed by atoms with Gasteiger partial charge in [-0.25, -0.2) is 0 Å². The summed E-state index contributed by atoms with van der Waals surface area (Å²) >= 11 is 1.06. The van der Waals surface area contributed by atoms with E-state index in [2.05, 4.69) is 10.3 Å². The highest BCUT2D eigenvalue weighted by Crippen LogP contribution is 2.09. The summed E-state index contributed by atoms with van der Waals surface area (Å²) < 4.78 is 0. The Morgan fingerprint density at radius 3 is 2.65 bits per heavy atom. The first-order valence-electron chi connectivity index (χ1n) is 4.89. The fraction of sp³-hybridized carbons (Fsp3) is 0.0909. The van der Waals surface area contributed by atoms with Crippen molar-refractivity contribution in [1.29, 1.82) is 0 Å². The predicted molar refractivity (Wildman–Crippen MR) is 64.2 cm³/mol. The van der Waals surface area contributed by atoms with E-state index in [1.165, 1.54) is 24.3 Å². The van der Waals surface area contributed by atoms with Gasteiger partial charge in [-0.1, -0.05) is 11.3 Å². The van der Waals surface area contributed by atoms with E-state index in [9.17, 15) is 9.59 Å². The molecule has 0 atom stereocenters. The lowest BCUT2D eigenvalue weighted by Gasteiger charge is -2.03. The van der Waals surface area contributed by atoms with Gasteiger partial charge in [-0.3, -0.25) is 9.59 Å². The maximum atomic E-state index is 11.7. The van der Waals surface area contributed by atoms with Crippen LogP contribution in [0.2, 0.25) is 0 Å². The molecule has 0 aliphatic rings. The van der Waals surface area contributed by atoms with Crippen molar-refractivity contribution in [3.63, 3.8) is 0 Å². The summed E-state index contributed by atoms with van der Waals surface area (Å²) in [7, 11) is 0. The van der Waals surface area contributed by atoms with Gasteiger partial charge in [0.2, 0.25) is 0 Å². The first-order valence-corrected chi connectivity index (χ1v) is 5.77. The number of carbonyl (C=O) groups excluding carboxylic acids is 1. The fourth-order valence-electron chi connectivity index (χ4n) is 1.29. The summed E-state index contributed by atoms with van der Waals surface area (Å²) in [5.74, 6) is -0.138. The summed E-state index contributed by atoms with van der Waals surface area (Å²) in [5, 5.41) is 13.4. The Morgan fingerprint density at radius 1 is 1.35 bits per heavy atom. The number of phenolic OH excluding ortho intramolecular Hbond substituents is 1. The Morgan fingerprint density at radius 2 is 2.06 bits per heavy atom. The van der Waals surface area contributed by atoms with Crippen LogP contribution < -0.4 is 10.2 Å². The molecule has 3 N–H and O–H groups in total. The quantitative estimate of drug-likeness (QED) is 0.762. The molecule has 0 radical (unpaired) electrons. The summed E-state index contributed by atoms with van der Waals surface area (Å²) in [6, 6.07) is 5.95. The maximum Gasteiger partial charge on any atom is 0.304 e. The van der Waals surface area contributed by atoms with E-state index < -0.39 is 0 Å². The van der Waals surface area contributed by atoms with Gasteiger partial charge in [0.1, 0.15) is 5.75 Å². The topological polar surface area (TPSA) is 82.2 Å². The highest BCUT2D eigenvalue weighted by Gasteiger charge is 2.05. The third-order valence-electron chi connectivity index (χ3n) is 2.14. The minimum atomic E-state index is -0.253. The Kier molecular flexibility index (Phi) is 3.24. The molecule has 0 aliphatic carbocycles. The molecule has 6 heteroatoms. The summed E-state index contributed by atoms with van der Waals surface area (Å²) in [6.07, 6.45) is 0. The van der Waals surface area contributed by atoms with Crippen LogP contribution >= 0.6 is 11.3 Å². The molecule has 2 aromatic rings. The molecule has 88 valence electrons. The van der Waals surface area contributed by atoms with E-state index in [0.29, 0.717) is 11.3 Å². The van der Waals surface area contributed by atoms with E-state index >= 15 is 0 Å². The van der Waals surface area contributed by atoms with Crippen LogP contribution in [0.1, 0.15) is 16.1 Å². The number of H-pyrrole nitrogens is 1. The van der Waals surface area contributed by atoms with Gasteiger partial charge in [0, 0.05) is 16.6 Å². The number of aromatic hydroxyl groups is 1. The smallest absolute Gasteiger partial charge is 0.304 e. The zero-order valence-corrected chi connectivity index (χ0v) is 9.58. The van der Waals surface area contributed by atoms with Crippen LogP contribution in [-0.4, -0.2) is 16.0 Å². The molecule has 0 bridgehead atoms. The van der Waals surface area contributed by atoms with E-state index in [4.69, 9.17) is 5.11 Å². The number of nitrogens with one attached hydrogen (secondary N) is 2. The highest BCUT2D eigenvalue weighted by molar-refractivity contribution is 7.07. The van der Waals surface area contributed by atoms with Gasteiger partial charge in [0.15, 0.2) is 0 Å². The second-order valence-electron chi connectivity index (χ2n) is 3.40. The molecule has 5 nitrogen and oxygen atoms in total. The third-order valence-corrected chi connectivity index (χ3v) is 2.86. The van der Waals surface area contributed by atoms with E-state index in [1.54, 1.807) is 5.38 Å². The molecule has 1 aromatic heterocycles. The predicted octanol–water partition coefficient (Wildman–Crippen LogP) is 1.07. The lowest BCUT2D eigenvalue weighted by atomic mass is 10.2. The fourth-order valence-corrected chi connectivity index (χ4v) is 1.87. The van der Waals surface area contributed by atoms with Crippen LogP contribution in [0.3, 0.4) is 0 Å². The zero-order valence-electron chi connectivity index (χ0n) is 8.77. The first kappa shape index (κ1) is 11.4. The monoisotopic (exact) mass is 250 g/mol. The molecule has 1 aromatic carbocycles. The zero-order chi connectivity index (χ0) is 12.3. The Hall–Kier alpha value is -2.08. The van der Waals surface area contributed by atoms with Crippen molar-refractivity contribution in [3.05, 3.63) is 50.6 Å². The summed E-state index contributed by atoms with van der Waals surface area (Å²) in [5.41, 5.74) is 1.13. The van der Waals surface area contributed by atoms with Crippen molar-refractivity contribution >= 4 is 17.2 Å². The van der Waals surface area contributed by atoms with Crippen molar-refractivity contribution in [1.82, 2.24) is 10.3 Å². The van der Waals surface area contributed by atoms with Crippen LogP contribution in [0.25, 0.3) is 0 Å². The largest absolute Gasteiger partial charge is 0.508 e. The lowest BCUT2D eigenvalue weighted by molar-refractivity contribution is 0.0950. The SMILES string of the molecule is O=C(NCc1csc(=O)[nH]1)c1ccc(O)cc1. The maximum absolute atomic E-state index is 11.7. The minimum Gasteiger partial charge on any atom is -0.508 e. The number of amides is 1. The molecule has 1 heterocycles. The molecule has 0 spiro atoms. The molecule has 0 saturated carbocycles. The number of rotatable bonds is 3. The number of hydrogen-bond donors (Lipinski definition) is 3. The summed E-state index contributed by atoms with van der Waals surface area (Å²) in [4.78, 5) is 25.0. The number of thiazole rings is 1. The molecular formula is C11H10N2O3S. The van der Waals surface area contributed by atoms with Gasteiger partial charge >= 0.3 is 4.87 Å². The van der Waals surface area contributed by atoms with E-state index in [-0.39, 0.29) is 23.1 Å². The Bertz CT molecular complexity index is 571. The number of hydrogen-bond acceptors (Lipinski definition) is 4. The number of aromatic nitrogens is 1. The molecule has 1 amide bonds. The van der Waals surface area contributed by atoms with E-state index in [0.717, 1.165) is 11.3 Å². The van der Waals surface area contributed by atoms with Crippen LogP contribution in [0.5, 0.6) is 5.75 Å². The van der Waals surface area contributed by atoms with Gasteiger partial charge in [-0.05, 0) is 24.3 Å². The van der Waals surface area contributed by atoms with Gasteiger partial charge in [-0.2, -0.15) is 0 Å². The Labute approximate surface area is 101 Å². The van der Waals surface area contributed by atoms with Crippen LogP contribution in [-0.2, 0) is 6.54 Å². The second kappa shape index (κ2) is 4.84. The molecule has 0 unspecified atom stereocenters. The van der Waals surface area contributed by atoms with Crippen molar-refractivity contribution in [3.8, 4) is 5.75 Å². The standard InChI is InChI=1S/C11H10N2O3S/c14-9-3-1-7(2-4-9)10(15)12-5-8-6-17-11(16)13-8/h1-4,6,14H,5H2,(H,12,15)(H,13,16). The number of carbonyl (C=O) groups is 1. The van der Waals surface area contributed by atoms with Gasteiger partial charge in [0.05, 0.1) is 6.54 Å². The second-order valence-corrected chi connectivity index (χ2v) is 4.25. The average Bonchev–Trinajstić information content (AvgIpc) is 2.73. The van der Waals surface area contributed by atoms with Crippen LogP contribution in [0.15, 0.2) is 34.4 Å². The Balaban J connectivity index is 1.98. The molecule has 0 aliphatic heterocycles. The highest BCUT2D eigenvalue weighted by atomic mass is 32.1. The molecule has 17 heavy (non-hydrogen) atoms. The third kappa shape index (κ3) is 2.94. The molecule has 0 fully saturated rings. The minimum absolute atomic E-state index is 0.115. The van der Waals surface area contributed by atoms with Gasteiger partial charge in [-0.15, -0.1) is 0 Å². The van der Waals surface area contributed by atoms with Gasteiger partial charge < -0.3 is 15.4 Å². The van der Waals surface area contributed by atoms with Crippen molar-refractivity contribution in [2.75, 3.05) is 0 Å². The molecule has 2 rings (SSSR count). The molecule has 0 saturated heterocycles. The summed E-state index contributed by atoms with van der Waals surface area (Å²) in [6.45, 7) is 0.276. The average molecular weight is 250 g/mol. The normalized spacial score (nSPS) is 10.1. The van der Waals surface area contributed by atoms with E-state index in [1.807, 2.05) is 0 Å². The van der Waals surface area contributed by atoms with Gasteiger partial charge in [0.25, 0.3) is 5.91 Å². The van der Waals surface area contributed by atoms with Crippen LogP contribution in [0.4, 0.5) is 0 Å². The number of phenols is 1. The van der Waals surface area contributed by atoms with Crippen LogP contribution in [0, 0.1) is 0 Å². The number of aromatic amines is 1. The van der Waals surface area contributed by atoms with Crippen molar-refractivity contribution < 1.29 is 9.90 Å². The van der Waals surface area contributed by atoms with Crippen molar-refractivity contribution in [2.45, 2.75) is 6.54 Å². The first-order chi connectivity index (χ1) is 8.15.